The van der Waals surface area contributed by atoms with Gasteiger partial charge in [-0.1, -0.05) is 40.0 Å². The number of amides is 1. The molecular formula is C19H32N2O2. The van der Waals surface area contributed by atoms with Crippen molar-refractivity contribution >= 4 is 11.6 Å². The Labute approximate surface area is 140 Å². The average Bonchev–Trinajstić information content (AvgIpc) is 2.48. The first-order valence-corrected chi connectivity index (χ1v) is 8.69. The van der Waals surface area contributed by atoms with E-state index in [1.165, 1.54) is 0 Å². The van der Waals surface area contributed by atoms with Crippen LogP contribution in [0.4, 0.5) is 5.69 Å². The van der Waals surface area contributed by atoms with Crippen LogP contribution in [0, 0.1) is 5.41 Å². The number of hydrogen-bond donors (Lipinski definition) is 1. The highest BCUT2D eigenvalue weighted by Crippen LogP contribution is 2.30. The van der Waals surface area contributed by atoms with E-state index in [9.17, 15) is 9.59 Å². The highest BCUT2D eigenvalue weighted by atomic mass is 16.2. The molecule has 1 unspecified atom stereocenters. The predicted octanol–water partition coefficient (Wildman–Crippen LogP) is 4.54. The Kier molecular flexibility index (Phi) is 6.60. The Morgan fingerprint density at radius 3 is 2.35 bits per heavy atom. The van der Waals surface area contributed by atoms with Crippen LogP contribution in [-0.2, 0) is 10.3 Å². The summed E-state index contributed by atoms with van der Waals surface area (Å²) in [7, 11) is 0. The van der Waals surface area contributed by atoms with Gasteiger partial charge in [-0.15, -0.1) is 0 Å². The molecule has 1 heterocycles. The van der Waals surface area contributed by atoms with Gasteiger partial charge in [0.1, 0.15) is 5.69 Å². The van der Waals surface area contributed by atoms with E-state index in [4.69, 9.17) is 0 Å². The molecule has 1 amide bonds. The van der Waals surface area contributed by atoms with Gasteiger partial charge in [0.25, 0.3) is 5.56 Å². The largest absolute Gasteiger partial charge is 0.321 e. The van der Waals surface area contributed by atoms with Gasteiger partial charge < -0.3 is 9.88 Å². The van der Waals surface area contributed by atoms with Crippen LogP contribution in [0.25, 0.3) is 0 Å². The van der Waals surface area contributed by atoms with E-state index in [0.29, 0.717) is 5.69 Å². The molecule has 1 aromatic heterocycles. The molecule has 0 aliphatic rings. The monoisotopic (exact) mass is 320 g/mol. The maximum Gasteiger partial charge on any atom is 0.274 e. The van der Waals surface area contributed by atoms with Crippen LogP contribution in [0.1, 0.15) is 73.6 Å². The summed E-state index contributed by atoms with van der Waals surface area (Å²) in [6.45, 7) is 12.1. The summed E-state index contributed by atoms with van der Waals surface area (Å²) in [6.07, 6.45) is 6.68. The predicted molar refractivity (Wildman–Crippen MR) is 96.9 cm³/mol. The molecule has 130 valence electrons. The lowest BCUT2D eigenvalue weighted by Crippen LogP contribution is -2.38. The third-order valence-electron chi connectivity index (χ3n) is 4.58. The zero-order valence-electron chi connectivity index (χ0n) is 15.5. The van der Waals surface area contributed by atoms with Crippen molar-refractivity contribution in [1.82, 2.24) is 4.57 Å². The second-order valence-electron chi connectivity index (χ2n) is 7.59. The van der Waals surface area contributed by atoms with Crippen LogP contribution < -0.4 is 10.9 Å². The summed E-state index contributed by atoms with van der Waals surface area (Å²) >= 11 is 0. The number of hydrogen-bond acceptors (Lipinski definition) is 2. The van der Waals surface area contributed by atoms with Crippen LogP contribution >= 0.6 is 0 Å². The molecule has 4 nitrogen and oxygen atoms in total. The fraction of sp³-hybridized carbons (Fsp3) is 0.684. The van der Waals surface area contributed by atoms with Crippen molar-refractivity contribution in [1.29, 1.82) is 0 Å². The maximum absolute atomic E-state index is 12.7. The fourth-order valence-electron chi connectivity index (χ4n) is 2.61. The first-order chi connectivity index (χ1) is 10.7. The number of carbonyl (C=O) groups excluding carboxylic acids is 1. The standard InChI is InChI=1S/C19H32N2O2/c1-7-9-10-13-19(6,8-2)17(23)20-15-12-11-14-21(16(15)22)18(3,4)5/h11-12,14H,7-10,13H2,1-6H3,(H,20,23). The van der Waals surface area contributed by atoms with E-state index in [0.717, 1.165) is 32.1 Å². The van der Waals surface area contributed by atoms with Crippen molar-refractivity contribution < 1.29 is 4.79 Å². The zero-order valence-corrected chi connectivity index (χ0v) is 15.5. The number of unbranched alkanes of at least 4 members (excludes halogenated alkanes) is 2. The highest BCUT2D eigenvalue weighted by Gasteiger charge is 2.31. The Bertz CT molecular complexity index is 584. The van der Waals surface area contributed by atoms with Gasteiger partial charge in [0.2, 0.25) is 5.91 Å². The molecule has 0 aromatic carbocycles. The molecule has 1 atom stereocenters. The van der Waals surface area contributed by atoms with Crippen molar-refractivity contribution in [3.8, 4) is 0 Å². The van der Waals surface area contributed by atoms with Crippen LogP contribution in [0.15, 0.2) is 23.1 Å². The van der Waals surface area contributed by atoms with E-state index in [2.05, 4.69) is 12.2 Å². The summed E-state index contributed by atoms with van der Waals surface area (Å²) in [5, 5.41) is 2.87. The number of pyridine rings is 1. The van der Waals surface area contributed by atoms with E-state index < -0.39 is 5.41 Å². The molecule has 0 saturated carbocycles. The third kappa shape index (κ3) is 4.95. The first kappa shape index (κ1) is 19.5. The summed E-state index contributed by atoms with van der Waals surface area (Å²) in [5.41, 5.74) is -0.528. The van der Waals surface area contributed by atoms with Gasteiger partial charge in [-0.3, -0.25) is 9.59 Å². The van der Waals surface area contributed by atoms with E-state index in [1.807, 2.05) is 40.7 Å². The van der Waals surface area contributed by atoms with Crippen molar-refractivity contribution in [2.45, 2.75) is 79.2 Å². The van der Waals surface area contributed by atoms with E-state index in [-0.39, 0.29) is 17.0 Å². The number of anilines is 1. The maximum atomic E-state index is 12.7. The van der Waals surface area contributed by atoms with Gasteiger partial charge >= 0.3 is 0 Å². The summed E-state index contributed by atoms with van der Waals surface area (Å²) in [6, 6.07) is 3.49. The summed E-state index contributed by atoms with van der Waals surface area (Å²) in [4.78, 5) is 25.3. The Hall–Kier alpha value is -1.58. The molecule has 1 rings (SSSR count). The Morgan fingerprint density at radius 1 is 1.17 bits per heavy atom. The SMILES string of the molecule is CCCCCC(C)(CC)C(=O)Nc1cccn(C(C)(C)C)c1=O. The minimum Gasteiger partial charge on any atom is -0.321 e. The molecule has 0 aliphatic heterocycles. The van der Waals surface area contributed by atoms with Gasteiger partial charge in [0, 0.05) is 17.2 Å². The second kappa shape index (κ2) is 7.80. The topological polar surface area (TPSA) is 51.1 Å². The second-order valence-corrected chi connectivity index (χ2v) is 7.59. The molecule has 4 heteroatoms. The molecule has 0 radical (unpaired) electrons. The molecule has 0 bridgehead atoms. The summed E-state index contributed by atoms with van der Waals surface area (Å²) < 4.78 is 1.66. The third-order valence-corrected chi connectivity index (χ3v) is 4.58. The molecule has 1 N–H and O–H groups in total. The van der Waals surface area contributed by atoms with Gasteiger partial charge in [-0.25, -0.2) is 0 Å². The molecule has 23 heavy (non-hydrogen) atoms. The number of rotatable bonds is 7. The highest BCUT2D eigenvalue weighted by molar-refractivity contribution is 5.94. The van der Waals surface area contributed by atoms with E-state index >= 15 is 0 Å². The molecule has 0 saturated heterocycles. The lowest BCUT2D eigenvalue weighted by Gasteiger charge is -2.28. The lowest BCUT2D eigenvalue weighted by molar-refractivity contribution is -0.125. The van der Waals surface area contributed by atoms with Crippen molar-refractivity contribution in [2.75, 3.05) is 5.32 Å². The van der Waals surface area contributed by atoms with Crippen molar-refractivity contribution in [2.24, 2.45) is 5.41 Å². The number of nitrogens with zero attached hydrogens (tertiary/aromatic N) is 1. The number of aromatic nitrogens is 1. The fourth-order valence-corrected chi connectivity index (χ4v) is 2.61. The van der Waals surface area contributed by atoms with Gasteiger partial charge in [0.05, 0.1) is 0 Å². The van der Waals surface area contributed by atoms with Crippen LogP contribution in [0.5, 0.6) is 0 Å². The van der Waals surface area contributed by atoms with Crippen molar-refractivity contribution in [3.63, 3.8) is 0 Å². The smallest absolute Gasteiger partial charge is 0.274 e. The number of nitrogens with one attached hydrogen (secondary N) is 1. The minimum atomic E-state index is -0.427. The minimum absolute atomic E-state index is 0.0557. The Balaban J connectivity index is 2.98. The van der Waals surface area contributed by atoms with Crippen LogP contribution in [0.3, 0.4) is 0 Å². The first-order valence-electron chi connectivity index (χ1n) is 8.69. The van der Waals surface area contributed by atoms with Crippen molar-refractivity contribution in [3.05, 3.63) is 28.7 Å². The van der Waals surface area contributed by atoms with Crippen LogP contribution in [0.2, 0.25) is 0 Å². The van der Waals surface area contributed by atoms with Gasteiger partial charge in [-0.05, 0) is 45.7 Å². The van der Waals surface area contributed by atoms with Crippen LogP contribution in [-0.4, -0.2) is 10.5 Å². The number of carbonyl (C=O) groups is 1. The lowest BCUT2D eigenvalue weighted by atomic mass is 9.81. The summed E-state index contributed by atoms with van der Waals surface area (Å²) in [5.74, 6) is -0.0557. The van der Waals surface area contributed by atoms with Gasteiger partial charge in [-0.2, -0.15) is 0 Å². The quantitative estimate of drug-likeness (QED) is 0.750. The Morgan fingerprint density at radius 2 is 1.83 bits per heavy atom. The molecule has 1 aromatic rings. The molecule has 0 spiro atoms. The van der Waals surface area contributed by atoms with Gasteiger partial charge in [0.15, 0.2) is 0 Å². The molecular weight excluding hydrogens is 288 g/mol. The van der Waals surface area contributed by atoms with E-state index in [1.54, 1.807) is 16.8 Å². The molecule has 0 fully saturated rings. The normalized spacial score (nSPS) is 14.3. The zero-order chi connectivity index (χ0) is 17.7. The molecule has 0 aliphatic carbocycles. The average molecular weight is 320 g/mol.